The lowest BCUT2D eigenvalue weighted by Gasteiger charge is -2.11. The first kappa shape index (κ1) is 18.5. The van der Waals surface area contributed by atoms with E-state index in [1.807, 2.05) is 4.68 Å². The van der Waals surface area contributed by atoms with E-state index in [1.165, 1.54) is 5.56 Å². The fourth-order valence-electron chi connectivity index (χ4n) is 3.35. The van der Waals surface area contributed by atoms with Gasteiger partial charge in [0.1, 0.15) is 3.70 Å². The molecule has 3 heterocycles. The zero-order valence-corrected chi connectivity index (χ0v) is 17.7. The van der Waals surface area contributed by atoms with Gasteiger partial charge in [-0.2, -0.15) is 5.10 Å². The molecule has 1 unspecified atom stereocenters. The number of hydrogen-bond donors (Lipinski definition) is 0. The average molecular weight is 452 g/mol. The van der Waals surface area contributed by atoms with Crippen molar-refractivity contribution in [2.45, 2.75) is 59.1 Å². The summed E-state index contributed by atoms with van der Waals surface area (Å²) >= 11 is 2.32. The largest absolute Gasteiger partial charge is 0.378 e. The van der Waals surface area contributed by atoms with Crippen LogP contribution in [0, 0.1) is 10.6 Å². The molecular formula is C19H25IN4O. The number of rotatable bonds is 4. The first-order valence-electron chi connectivity index (χ1n) is 8.74. The molecule has 0 radical (unpaired) electrons. The molecule has 0 amide bonds. The topological polar surface area (TPSA) is 52.3 Å². The number of ether oxygens (including phenoxy) is 1. The minimum atomic E-state index is 0.297. The molecule has 1 aliphatic heterocycles. The van der Waals surface area contributed by atoms with Crippen LogP contribution in [0.5, 0.6) is 0 Å². The van der Waals surface area contributed by atoms with E-state index in [0.29, 0.717) is 18.6 Å². The predicted molar refractivity (Wildman–Crippen MR) is 108 cm³/mol. The quantitative estimate of drug-likeness (QED) is 0.671. The highest BCUT2D eigenvalue weighted by atomic mass is 127. The maximum Gasteiger partial charge on any atom is 0.155 e. The van der Waals surface area contributed by atoms with Crippen LogP contribution in [-0.4, -0.2) is 27.9 Å². The van der Waals surface area contributed by atoms with Gasteiger partial charge >= 0.3 is 0 Å². The molecule has 0 fully saturated rings. The van der Waals surface area contributed by atoms with Gasteiger partial charge in [-0.1, -0.05) is 19.9 Å². The van der Waals surface area contributed by atoms with Gasteiger partial charge in [0, 0.05) is 29.6 Å². The molecule has 3 rings (SSSR count). The molecule has 0 N–H and O–H groups in total. The molecule has 0 spiro atoms. The maximum absolute atomic E-state index is 5.41. The first-order valence-corrected chi connectivity index (χ1v) is 9.82. The fraction of sp³-hybridized carbons (Fsp3) is 0.526. The second-order valence-electron chi connectivity index (χ2n) is 6.92. The van der Waals surface area contributed by atoms with E-state index in [-0.39, 0.29) is 0 Å². The van der Waals surface area contributed by atoms with Gasteiger partial charge in [0.15, 0.2) is 5.49 Å². The Kier molecular flexibility index (Phi) is 5.58. The van der Waals surface area contributed by atoms with Crippen molar-refractivity contribution in [3.05, 3.63) is 37.4 Å². The minimum Gasteiger partial charge on any atom is -0.378 e. The van der Waals surface area contributed by atoms with Crippen molar-refractivity contribution in [2.24, 2.45) is 4.99 Å². The van der Waals surface area contributed by atoms with E-state index >= 15 is 0 Å². The lowest BCUT2D eigenvalue weighted by Crippen LogP contribution is -2.32. The van der Waals surface area contributed by atoms with Gasteiger partial charge in [0.25, 0.3) is 0 Å². The highest BCUT2D eigenvalue weighted by Crippen LogP contribution is 2.27. The Morgan fingerprint density at radius 1 is 1.40 bits per heavy atom. The normalized spacial score (nSPS) is 17.0. The zero-order valence-electron chi connectivity index (χ0n) is 15.5. The maximum atomic E-state index is 5.41. The van der Waals surface area contributed by atoms with Gasteiger partial charge in [-0.05, 0) is 61.3 Å². The molecule has 1 aliphatic rings. The molecule has 1 atom stereocenters. The first-order chi connectivity index (χ1) is 11.9. The molecule has 0 bridgehead atoms. The molecule has 2 aromatic heterocycles. The van der Waals surface area contributed by atoms with Crippen LogP contribution < -0.4 is 10.7 Å². The highest BCUT2D eigenvalue weighted by Gasteiger charge is 2.19. The third-order valence-corrected chi connectivity index (χ3v) is 5.38. The monoisotopic (exact) mass is 452 g/mol. The summed E-state index contributed by atoms with van der Waals surface area (Å²) in [7, 11) is 1.70. The molecular weight excluding hydrogens is 427 g/mol. The molecule has 5 nitrogen and oxygen atoms in total. The molecule has 2 aromatic rings. The number of nitrogens with zero attached hydrogens (tertiary/aromatic N) is 4. The Morgan fingerprint density at radius 2 is 2.16 bits per heavy atom. The third-order valence-electron chi connectivity index (χ3n) is 4.58. The van der Waals surface area contributed by atoms with Gasteiger partial charge in [-0.25, -0.2) is 9.67 Å². The number of fused-ring (bicyclic) bond motifs is 1. The van der Waals surface area contributed by atoms with E-state index in [1.54, 1.807) is 7.11 Å². The van der Waals surface area contributed by atoms with Crippen molar-refractivity contribution in [1.82, 2.24) is 14.8 Å². The van der Waals surface area contributed by atoms with Crippen LogP contribution in [0.3, 0.4) is 0 Å². The fourth-order valence-corrected chi connectivity index (χ4v) is 4.58. The van der Waals surface area contributed by atoms with Crippen molar-refractivity contribution in [3.63, 3.8) is 0 Å². The smallest absolute Gasteiger partial charge is 0.155 e. The Bertz CT molecular complexity index is 901. The van der Waals surface area contributed by atoms with E-state index in [4.69, 9.17) is 19.8 Å². The number of hydrogen-bond acceptors (Lipinski definition) is 4. The summed E-state index contributed by atoms with van der Waals surface area (Å²) in [6.07, 6.45) is 4.32. The molecule has 134 valence electrons. The summed E-state index contributed by atoms with van der Waals surface area (Å²) in [5.74, 6) is 0.433. The standard InChI is InChI=1S/C19H25IN4O/c1-11(2)17-13(4)24(23-18(17)20)16-9-14-8-6-7-12(3)21-19(14)22-15(16)10-25-5/h8-9,11-12H,6-7,10H2,1-5H3. The van der Waals surface area contributed by atoms with Crippen LogP contribution in [0.1, 0.15) is 56.5 Å². The van der Waals surface area contributed by atoms with Gasteiger partial charge < -0.3 is 4.74 Å². The van der Waals surface area contributed by atoms with Crippen molar-refractivity contribution in [1.29, 1.82) is 0 Å². The lowest BCUT2D eigenvalue weighted by molar-refractivity contribution is 0.181. The van der Waals surface area contributed by atoms with Crippen LogP contribution in [0.4, 0.5) is 0 Å². The Hall–Kier alpha value is -1.28. The summed E-state index contributed by atoms with van der Waals surface area (Å²) < 4.78 is 8.47. The second kappa shape index (κ2) is 7.53. The predicted octanol–water partition coefficient (Wildman–Crippen LogP) is 3.03. The minimum absolute atomic E-state index is 0.297. The summed E-state index contributed by atoms with van der Waals surface area (Å²) in [5.41, 5.74) is 5.15. The summed E-state index contributed by atoms with van der Waals surface area (Å²) in [6, 6.07) is 2.46. The van der Waals surface area contributed by atoms with Gasteiger partial charge in [0.05, 0.1) is 18.0 Å². The third kappa shape index (κ3) is 3.65. The van der Waals surface area contributed by atoms with Gasteiger partial charge in [-0.3, -0.25) is 4.99 Å². The van der Waals surface area contributed by atoms with Crippen LogP contribution in [0.25, 0.3) is 11.8 Å². The van der Waals surface area contributed by atoms with Crippen LogP contribution >= 0.6 is 22.6 Å². The van der Waals surface area contributed by atoms with Gasteiger partial charge in [0.2, 0.25) is 0 Å². The molecule has 0 saturated heterocycles. The Morgan fingerprint density at radius 3 is 2.80 bits per heavy atom. The van der Waals surface area contributed by atoms with Crippen LogP contribution in [0.15, 0.2) is 11.1 Å². The SMILES string of the molecule is COCc1nc2c(cc1-n1nc(I)c(C(C)C)c1C)=CCCC(C)N=2. The Labute approximate surface area is 162 Å². The van der Waals surface area contributed by atoms with Crippen molar-refractivity contribution < 1.29 is 4.74 Å². The number of pyridine rings is 1. The van der Waals surface area contributed by atoms with Crippen molar-refractivity contribution in [2.75, 3.05) is 7.11 Å². The van der Waals surface area contributed by atoms with Crippen molar-refractivity contribution >= 4 is 28.7 Å². The number of methoxy groups -OCH3 is 1. The van der Waals surface area contributed by atoms with Crippen LogP contribution in [-0.2, 0) is 11.3 Å². The molecule has 0 saturated carbocycles. The van der Waals surface area contributed by atoms with Gasteiger partial charge in [-0.15, -0.1) is 0 Å². The number of halogens is 1. The number of aromatic nitrogens is 3. The van der Waals surface area contributed by atoms with E-state index in [0.717, 1.165) is 44.3 Å². The highest BCUT2D eigenvalue weighted by molar-refractivity contribution is 14.1. The Balaban J connectivity index is 2.27. The van der Waals surface area contributed by atoms with E-state index in [2.05, 4.69) is 62.4 Å². The summed E-state index contributed by atoms with van der Waals surface area (Å²) in [5, 5.41) is 5.89. The molecule has 0 aromatic carbocycles. The molecule has 25 heavy (non-hydrogen) atoms. The summed E-state index contributed by atoms with van der Waals surface area (Å²) in [6.45, 7) is 9.12. The molecule has 0 aliphatic carbocycles. The molecule has 6 heteroatoms. The average Bonchev–Trinajstić information content (AvgIpc) is 2.72. The van der Waals surface area contributed by atoms with Crippen molar-refractivity contribution in [3.8, 4) is 5.69 Å². The van der Waals surface area contributed by atoms with E-state index < -0.39 is 0 Å². The van der Waals surface area contributed by atoms with E-state index in [9.17, 15) is 0 Å². The second-order valence-corrected chi connectivity index (χ2v) is 7.94. The zero-order chi connectivity index (χ0) is 18.1. The summed E-state index contributed by atoms with van der Waals surface area (Å²) in [4.78, 5) is 9.59. The lowest BCUT2D eigenvalue weighted by atomic mass is 10.1. The van der Waals surface area contributed by atoms with Crippen LogP contribution in [0.2, 0.25) is 0 Å².